The van der Waals surface area contributed by atoms with Gasteiger partial charge in [0.25, 0.3) is 5.91 Å². The predicted octanol–water partition coefficient (Wildman–Crippen LogP) is 4.01. The molecule has 10 heteroatoms. The number of rotatable bonds is 4. The summed E-state index contributed by atoms with van der Waals surface area (Å²) in [6.07, 6.45) is -2.95. The molecule has 27 heavy (non-hydrogen) atoms. The zero-order chi connectivity index (χ0) is 19.8. The third-order valence-corrected chi connectivity index (χ3v) is 4.70. The molecule has 0 atom stereocenters. The van der Waals surface area contributed by atoms with E-state index in [1.54, 1.807) is 16.9 Å². The van der Waals surface area contributed by atoms with E-state index in [1.165, 1.54) is 0 Å². The number of hydrogen-bond acceptors (Lipinski definition) is 3. The van der Waals surface area contributed by atoms with E-state index in [1.807, 2.05) is 31.2 Å². The first kappa shape index (κ1) is 19.2. The molecule has 0 saturated carbocycles. The summed E-state index contributed by atoms with van der Waals surface area (Å²) in [6.45, 7) is 2.49. The van der Waals surface area contributed by atoms with Gasteiger partial charge in [0.2, 0.25) is 0 Å². The number of halogens is 4. The van der Waals surface area contributed by atoms with Gasteiger partial charge in [0.15, 0.2) is 17.2 Å². The maximum Gasteiger partial charge on any atom is 0.434 e. The Labute approximate surface area is 161 Å². The molecule has 3 aromatic rings. The van der Waals surface area contributed by atoms with Crippen LogP contribution in [0, 0.1) is 6.92 Å². The van der Waals surface area contributed by atoms with Crippen molar-refractivity contribution in [3.63, 3.8) is 0 Å². The van der Waals surface area contributed by atoms with Crippen molar-refractivity contribution in [2.45, 2.75) is 19.6 Å². The second kappa shape index (κ2) is 7.18. The van der Waals surface area contributed by atoms with E-state index >= 15 is 0 Å². The molecule has 2 aromatic heterocycles. The number of nitrogens with zero attached hydrogens (tertiary/aromatic N) is 4. The lowest BCUT2D eigenvalue weighted by Gasteiger charge is -2.06. The summed E-state index contributed by atoms with van der Waals surface area (Å²) in [5.74, 6) is -0.561. The molecular formula is C17H15BrF3N5O. The lowest BCUT2D eigenvalue weighted by atomic mass is 10.1. The molecule has 0 fully saturated rings. The Bertz CT molecular complexity index is 993. The van der Waals surface area contributed by atoms with Gasteiger partial charge >= 0.3 is 6.18 Å². The van der Waals surface area contributed by atoms with Crippen molar-refractivity contribution in [1.29, 1.82) is 0 Å². The van der Waals surface area contributed by atoms with Crippen LogP contribution in [0.5, 0.6) is 0 Å². The van der Waals surface area contributed by atoms with E-state index in [-0.39, 0.29) is 11.5 Å². The largest absolute Gasteiger partial charge is 0.434 e. The Hall–Kier alpha value is -2.62. The molecule has 0 radical (unpaired) electrons. The van der Waals surface area contributed by atoms with Crippen LogP contribution in [0.2, 0.25) is 0 Å². The Balaban J connectivity index is 1.76. The highest BCUT2D eigenvalue weighted by Gasteiger charge is 2.39. The topological polar surface area (TPSA) is 64.7 Å². The lowest BCUT2D eigenvalue weighted by molar-refractivity contribution is -0.144. The molecule has 0 aliphatic carbocycles. The molecule has 0 aliphatic rings. The monoisotopic (exact) mass is 441 g/mol. The molecule has 142 valence electrons. The van der Waals surface area contributed by atoms with Gasteiger partial charge in [-0.15, -0.1) is 0 Å². The van der Waals surface area contributed by atoms with E-state index < -0.39 is 22.3 Å². The zero-order valence-corrected chi connectivity index (χ0v) is 16.0. The molecule has 0 bridgehead atoms. The summed E-state index contributed by atoms with van der Waals surface area (Å²) >= 11 is 2.82. The minimum absolute atomic E-state index is 0.222. The minimum atomic E-state index is -4.63. The van der Waals surface area contributed by atoms with Crippen molar-refractivity contribution in [2.75, 3.05) is 5.32 Å². The Morgan fingerprint density at radius 1 is 1.22 bits per heavy atom. The quantitative estimate of drug-likeness (QED) is 0.665. The van der Waals surface area contributed by atoms with Crippen molar-refractivity contribution in [2.24, 2.45) is 7.05 Å². The number of nitrogens with one attached hydrogen (secondary N) is 1. The normalized spacial score (nSPS) is 11.6. The molecule has 2 heterocycles. The first-order chi connectivity index (χ1) is 12.7. The number of carbonyl (C=O) groups excluding carboxylic acids is 1. The average Bonchev–Trinajstić information content (AvgIpc) is 3.12. The molecule has 1 N–H and O–H groups in total. The van der Waals surface area contributed by atoms with Gasteiger partial charge in [-0.1, -0.05) is 24.3 Å². The maximum atomic E-state index is 13.0. The summed E-state index contributed by atoms with van der Waals surface area (Å²) in [4.78, 5) is 12.3. The summed E-state index contributed by atoms with van der Waals surface area (Å²) in [7, 11) is 1.13. The van der Waals surface area contributed by atoms with Crippen LogP contribution in [0.25, 0.3) is 0 Å². The van der Waals surface area contributed by atoms with Gasteiger partial charge in [-0.3, -0.25) is 14.2 Å². The number of aromatic nitrogens is 4. The van der Waals surface area contributed by atoms with Crippen LogP contribution in [0.15, 0.2) is 41.0 Å². The Morgan fingerprint density at radius 3 is 2.56 bits per heavy atom. The molecular weight excluding hydrogens is 427 g/mol. The van der Waals surface area contributed by atoms with Gasteiger partial charge < -0.3 is 5.32 Å². The highest BCUT2D eigenvalue weighted by molar-refractivity contribution is 9.10. The molecule has 3 rings (SSSR count). The van der Waals surface area contributed by atoms with Gasteiger partial charge in [0, 0.05) is 19.3 Å². The lowest BCUT2D eigenvalue weighted by Crippen LogP contribution is -2.14. The maximum absolute atomic E-state index is 13.0. The third kappa shape index (κ3) is 4.05. The minimum Gasteiger partial charge on any atom is -0.304 e. The standard InChI is InChI=1S/C17H15BrF3N5O/c1-10-5-3-4-6-11(10)9-26-8-7-12(23-26)22-16(27)14-13(18)15(17(19,20)21)25(2)24-14/h3-8H,9H2,1-2H3,(H,22,23,27). The highest BCUT2D eigenvalue weighted by Crippen LogP contribution is 2.36. The van der Waals surface area contributed by atoms with Gasteiger partial charge in [0.1, 0.15) is 0 Å². The SMILES string of the molecule is Cc1ccccc1Cn1ccc(NC(=O)c2nn(C)c(C(F)(F)F)c2Br)n1. The molecule has 1 aromatic carbocycles. The number of hydrogen-bond donors (Lipinski definition) is 1. The van der Waals surface area contributed by atoms with Crippen LogP contribution in [0.4, 0.5) is 19.0 Å². The number of anilines is 1. The summed E-state index contributed by atoms with van der Waals surface area (Å²) in [6, 6.07) is 9.38. The molecule has 0 saturated heterocycles. The molecule has 6 nitrogen and oxygen atoms in total. The van der Waals surface area contributed by atoms with Gasteiger partial charge in [0.05, 0.1) is 11.0 Å². The number of amides is 1. The Morgan fingerprint density at radius 2 is 1.93 bits per heavy atom. The first-order valence-corrected chi connectivity index (χ1v) is 8.65. The van der Waals surface area contributed by atoms with Gasteiger partial charge in [-0.05, 0) is 34.0 Å². The number of carbonyl (C=O) groups is 1. The second-order valence-corrected chi connectivity index (χ2v) is 6.70. The van der Waals surface area contributed by atoms with Crippen molar-refractivity contribution in [3.05, 3.63) is 63.5 Å². The first-order valence-electron chi connectivity index (χ1n) is 7.86. The highest BCUT2D eigenvalue weighted by atomic mass is 79.9. The van der Waals surface area contributed by atoms with E-state index in [0.29, 0.717) is 11.2 Å². The number of alkyl halides is 3. The van der Waals surface area contributed by atoms with Crippen LogP contribution in [-0.4, -0.2) is 25.5 Å². The summed E-state index contributed by atoms with van der Waals surface area (Å²) in [5.41, 5.74) is 0.785. The fraction of sp³-hybridized carbons (Fsp3) is 0.235. The van der Waals surface area contributed by atoms with Crippen molar-refractivity contribution in [1.82, 2.24) is 19.6 Å². The van der Waals surface area contributed by atoms with E-state index in [0.717, 1.165) is 18.2 Å². The van der Waals surface area contributed by atoms with Crippen LogP contribution < -0.4 is 5.32 Å². The smallest absolute Gasteiger partial charge is 0.304 e. The van der Waals surface area contributed by atoms with Gasteiger partial charge in [-0.25, -0.2) is 0 Å². The summed E-state index contributed by atoms with van der Waals surface area (Å²) in [5, 5.41) is 10.4. The van der Waals surface area contributed by atoms with Crippen LogP contribution in [-0.2, 0) is 19.8 Å². The molecule has 0 unspecified atom stereocenters. The van der Waals surface area contributed by atoms with E-state index in [2.05, 4.69) is 31.4 Å². The molecule has 1 amide bonds. The number of benzene rings is 1. The van der Waals surface area contributed by atoms with Crippen LogP contribution in [0.3, 0.4) is 0 Å². The average molecular weight is 442 g/mol. The van der Waals surface area contributed by atoms with Gasteiger partial charge in [-0.2, -0.15) is 23.4 Å². The third-order valence-electron chi connectivity index (χ3n) is 3.95. The fourth-order valence-corrected chi connectivity index (χ4v) is 3.35. The molecule has 0 aliphatic heterocycles. The molecule has 0 spiro atoms. The van der Waals surface area contributed by atoms with Crippen LogP contribution in [0.1, 0.15) is 27.3 Å². The zero-order valence-electron chi connectivity index (χ0n) is 14.4. The Kier molecular flexibility index (Phi) is 5.09. The van der Waals surface area contributed by atoms with E-state index in [9.17, 15) is 18.0 Å². The number of aryl methyl sites for hydroxylation is 2. The van der Waals surface area contributed by atoms with Crippen LogP contribution >= 0.6 is 15.9 Å². The summed E-state index contributed by atoms with van der Waals surface area (Å²) < 4.78 is 40.9. The fourth-order valence-electron chi connectivity index (χ4n) is 2.61. The predicted molar refractivity (Wildman–Crippen MR) is 96.4 cm³/mol. The van der Waals surface area contributed by atoms with Crippen molar-refractivity contribution < 1.29 is 18.0 Å². The van der Waals surface area contributed by atoms with Crippen molar-refractivity contribution >= 4 is 27.7 Å². The van der Waals surface area contributed by atoms with E-state index in [4.69, 9.17) is 0 Å². The van der Waals surface area contributed by atoms with Crippen molar-refractivity contribution in [3.8, 4) is 0 Å². The second-order valence-electron chi connectivity index (χ2n) is 5.91.